The number of hydrogen-bond acceptors (Lipinski definition) is 7. The minimum absolute atomic E-state index is 0.00594. The fourth-order valence-corrected chi connectivity index (χ4v) is 5.28. The Morgan fingerprint density at radius 1 is 0.727 bits per heavy atom. The maximum absolute atomic E-state index is 13.4. The molecule has 0 radical (unpaired) electrons. The van der Waals surface area contributed by atoms with Crippen molar-refractivity contribution in [1.29, 1.82) is 0 Å². The average Bonchev–Trinajstić information content (AvgIpc) is 3.02. The molecule has 0 aliphatic carbocycles. The summed E-state index contributed by atoms with van der Waals surface area (Å²) in [6, 6.07) is 23.4. The Morgan fingerprint density at radius 2 is 1.30 bits per heavy atom. The predicted molar refractivity (Wildman–Crippen MR) is 165 cm³/mol. The summed E-state index contributed by atoms with van der Waals surface area (Å²) < 4.78 is 32.4. The van der Waals surface area contributed by atoms with Crippen LogP contribution < -0.4 is 20.7 Å². The number of carbonyl (C=O) groups is 4. The first kappa shape index (κ1) is 33.9. The second-order valence-electron chi connectivity index (χ2n) is 10.5. The number of rotatable bonds is 16. The van der Waals surface area contributed by atoms with Crippen LogP contribution in [0.3, 0.4) is 0 Å². The molecule has 0 spiro atoms. The quantitative estimate of drug-likeness (QED) is 0.141. The van der Waals surface area contributed by atoms with Gasteiger partial charge in [-0.1, -0.05) is 92.7 Å². The lowest BCUT2D eigenvalue weighted by Crippen LogP contribution is -2.55. The average molecular weight is 623 g/mol. The zero-order valence-electron chi connectivity index (χ0n) is 24.7. The lowest BCUT2D eigenvalue weighted by atomic mass is 9.99. The molecule has 0 aliphatic rings. The summed E-state index contributed by atoms with van der Waals surface area (Å²) in [4.78, 5) is 52.1. The zero-order chi connectivity index (χ0) is 32.0. The monoisotopic (exact) mass is 622 g/mol. The van der Waals surface area contributed by atoms with Crippen molar-refractivity contribution in [3.05, 3.63) is 102 Å². The second kappa shape index (κ2) is 16.9. The summed E-state index contributed by atoms with van der Waals surface area (Å²) in [5.74, 6) is -2.54. The molecule has 0 bridgehead atoms. The van der Waals surface area contributed by atoms with Gasteiger partial charge < -0.3 is 20.7 Å². The van der Waals surface area contributed by atoms with Gasteiger partial charge in [-0.15, -0.1) is 0 Å². The summed E-state index contributed by atoms with van der Waals surface area (Å²) in [5.41, 5.74) is 1.48. The molecule has 2 atom stereocenters. The normalized spacial score (nSPS) is 12.5. The molecule has 4 N–H and O–H groups in total. The van der Waals surface area contributed by atoms with Crippen molar-refractivity contribution in [2.24, 2.45) is 5.92 Å². The molecule has 11 nitrogen and oxygen atoms in total. The maximum atomic E-state index is 13.4. The van der Waals surface area contributed by atoms with Gasteiger partial charge in [-0.3, -0.25) is 14.4 Å². The molecule has 0 aliphatic heterocycles. The van der Waals surface area contributed by atoms with Gasteiger partial charge in [0.1, 0.15) is 18.7 Å². The summed E-state index contributed by atoms with van der Waals surface area (Å²) in [5, 5.41) is 7.63. The minimum atomic E-state index is -3.79. The van der Waals surface area contributed by atoms with Crippen molar-refractivity contribution < 1.29 is 32.3 Å². The van der Waals surface area contributed by atoms with E-state index in [-0.39, 0.29) is 43.4 Å². The van der Waals surface area contributed by atoms with Gasteiger partial charge in [-0.05, 0) is 35.6 Å². The number of hydrogen-bond donors (Lipinski definition) is 4. The molecule has 0 aromatic heterocycles. The van der Waals surface area contributed by atoms with Crippen molar-refractivity contribution in [3.63, 3.8) is 0 Å². The van der Waals surface area contributed by atoms with E-state index in [0.717, 1.165) is 5.56 Å². The first-order chi connectivity index (χ1) is 21.0. The first-order valence-electron chi connectivity index (χ1n) is 14.2. The Morgan fingerprint density at radius 3 is 1.89 bits per heavy atom. The van der Waals surface area contributed by atoms with E-state index in [4.69, 9.17) is 4.74 Å². The zero-order valence-corrected chi connectivity index (χ0v) is 25.5. The topological polar surface area (TPSA) is 160 Å². The molecule has 0 saturated heterocycles. The molecule has 3 rings (SSSR count). The van der Waals surface area contributed by atoms with Crippen LogP contribution in [0.25, 0.3) is 0 Å². The smallest absolute Gasteiger partial charge is 0.408 e. The number of nitrogens with one attached hydrogen (secondary N) is 4. The third kappa shape index (κ3) is 11.3. The number of alkyl carbamates (subject to hydrolysis) is 1. The minimum Gasteiger partial charge on any atom is -0.445 e. The SMILES string of the molecule is CC(C)CC(NC(=O)OCc1ccccc1)C(=O)NC(Cc1ccccc1)C(=O)C(=O)NCCNS(=O)(=O)c1ccccc1. The molecule has 234 valence electrons. The Kier molecular flexibility index (Phi) is 13.1. The summed E-state index contributed by atoms with van der Waals surface area (Å²) in [6.45, 7) is 3.46. The van der Waals surface area contributed by atoms with Crippen molar-refractivity contribution in [2.45, 2.75) is 50.3 Å². The number of amides is 3. The Hall–Kier alpha value is -4.55. The van der Waals surface area contributed by atoms with Gasteiger partial charge in [0.25, 0.3) is 5.91 Å². The van der Waals surface area contributed by atoms with E-state index in [2.05, 4.69) is 20.7 Å². The number of sulfonamides is 1. The molecule has 0 heterocycles. The van der Waals surface area contributed by atoms with Crippen LogP contribution in [0.5, 0.6) is 0 Å². The maximum Gasteiger partial charge on any atom is 0.408 e. The lowest BCUT2D eigenvalue weighted by molar-refractivity contribution is -0.140. The van der Waals surface area contributed by atoms with Crippen molar-refractivity contribution in [2.75, 3.05) is 13.1 Å². The fraction of sp³-hybridized carbons (Fsp3) is 0.312. The van der Waals surface area contributed by atoms with Crippen molar-refractivity contribution in [3.8, 4) is 0 Å². The molecule has 0 saturated carbocycles. The van der Waals surface area contributed by atoms with Gasteiger partial charge in [0.2, 0.25) is 21.7 Å². The van der Waals surface area contributed by atoms with E-state index in [0.29, 0.717) is 5.56 Å². The van der Waals surface area contributed by atoms with Gasteiger partial charge in [0.15, 0.2) is 0 Å². The van der Waals surface area contributed by atoms with Crippen LogP contribution in [-0.2, 0) is 42.2 Å². The van der Waals surface area contributed by atoms with Crippen LogP contribution >= 0.6 is 0 Å². The highest BCUT2D eigenvalue weighted by Gasteiger charge is 2.31. The third-order valence-corrected chi connectivity index (χ3v) is 7.90. The molecule has 3 amide bonds. The van der Waals surface area contributed by atoms with Crippen LogP contribution in [0.1, 0.15) is 31.4 Å². The van der Waals surface area contributed by atoms with Crippen LogP contribution in [0, 0.1) is 5.92 Å². The molecule has 12 heteroatoms. The lowest BCUT2D eigenvalue weighted by Gasteiger charge is -2.24. The van der Waals surface area contributed by atoms with Gasteiger partial charge in [0, 0.05) is 19.5 Å². The van der Waals surface area contributed by atoms with E-state index < -0.39 is 45.8 Å². The van der Waals surface area contributed by atoms with Gasteiger partial charge in [0.05, 0.1) is 4.90 Å². The van der Waals surface area contributed by atoms with Crippen LogP contribution in [-0.4, -0.2) is 57.3 Å². The number of Topliss-reactive ketones (excluding diaryl/α,β-unsaturated/α-hetero) is 1. The third-order valence-electron chi connectivity index (χ3n) is 6.42. The Labute approximate surface area is 257 Å². The second-order valence-corrected chi connectivity index (χ2v) is 12.2. The van der Waals surface area contributed by atoms with Crippen LogP contribution in [0.2, 0.25) is 0 Å². The van der Waals surface area contributed by atoms with Crippen LogP contribution in [0.4, 0.5) is 4.79 Å². The first-order valence-corrected chi connectivity index (χ1v) is 15.7. The highest BCUT2D eigenvalue weighted by atomic mass is 32.2. The Bertz CT molecular complexity index is 1480. The summed E-state index contributed by atoms with van der Waals surface area (Å²) in [7, 11) is -3.79. The molecular formula is C32H38N4O7S. The number of ether oxygens (including phenoxy) is 1. The standard InChI is InChI=1S/C32H38N4O7S/c1-23(2)20-28(36-32(40)43-22-25-14-8-4-9-15-25)30(38)35-27(21-24-12-6-3-7-13-24)29(37)31(39)33-18-19-34-44(41,42)26-16-10-5-11-17-26/h3-17,23,27-28,34H,18-22H2,1-2H3,(H,33,39)(H,35,38)(H,36,40). The largest absolute Gasteiger partial charge is 0.445 e. The summed E-state index contributed by atoms with van der Waals surface area (Å²) in [6.07, 6.45) is -0.519. The molecule has 2 unspecified atom stereocenters. The van der Waals surface area contributed by atoms with Crippen molar-refractivity contribution in [1.82, 2.24) is 20.7 Å². The van der Waals surface area contributed by atoms with Gasteiger partial charge >= 0.3 is 6.09 Å². The molecule has 0 fully saturated rings. The molecular weight excluding hydrogens is 584 g/mol. The number of carbonyl (C=O) groups excluding carboxylic acids is 4. The van der Waals surface area contributed by atoms with Gasteiger partial charge in [-0.25, -0.2) is 17.9 Å². The van der Waals surface area contributed by atoms with Crippen LogP contribution in [0.15, 0.2) is 95.9 Å². The molecule has 3 aromatic carbocycles. The van der Waals surface area contributed by atoms with E-state index in [9.17, 15) is 27.6 Å². The fourth-order valence-electron chi connectivity index (χ4n) is 4.23. The summed E-state index contributed by atoms with van der Waals surface area (Å²) >= 11 is 0. The highest BCUT2D eigenvalue weighted by molar-refractivity contribution is 7.89. The van der Waals surface area contributed by atoms with E-state index in [1.165, 1.54) is 12.1 Å². The van der Waals surface area contributed by atoms with E-state index in [1.807, 2.05) is 32.0 Å². The molecule has 3 aromatic rings. The van der Waals surface area contributed by atoms with E-state index >= 15 is 0 Å². The highest BCUT2D eigenvalue weighted by Crippen LogP contribution is 2.10. The predicted octanol–water partition coefficient (Wildman–Crippen LogP) is 2.72. The Balaban J connectivity index is 1.63. The number of ketones is 1. The van der Waals surface area contributed by atoms with Crippen molar-refractivity contribution >= 4 is 33.7 Å². The molecule has 44 heavy (non-hydrogen) atoms. The van der Waals surface area contributed by atoms with Gasteiger partial charge in [-0.2, -0.15) is 0 Å². The number of benzene rings is 3. The van der Waals surface area contributed by atoms with E-state index in [1.54, 1.807) is 60.7 Å².